The predicted octanol–water partition coefficient (Wildman–Crippen LogP) is 5.26. The average Bonchev–Trinajstić information content (AvgIpc) is 2.40. The van der Waals surface area contributed by atoms with Gasteiger partial charge < -0.3 is 0 Å². The first-order chi connectivity index (χ1) is 9.65. The van der Waals surface area contributed by atoms with Gasteiger partial charge in [-0.1, -0.05) is 58.7 Å². The van der Waals surface area contributed by atoms with Gasteiger partial charge in [0.15, 0.2) is 5.78 Å². The van der Waals surface area contributed by atoms with Gasteiger partial charge in [0.2, 0.25) is 0 Å². The van der Waals surface area contributed by atoms with Crippen molar-refractivity contribution in [3.05, 3.63) is 69.2 Å². The molecule has 0 saturated heterocycles. The molecule has 3 rings (SSSR count). The summed E-state index contributed by atoms with van der Waals surface area (Å²) in [5.74, 6) is 0.804. The second kappa shape index (κ2) is 5.53. The van der Waals surface area contributed by atoms with Gasteiger partial charge in [-0.05, 0) is 42.9 Å². The van der Waals surface area contributed by atoms with Gasteiger partial charge in [0, 0.05) is 15.6 Å². The summed E-state index contributed by atoms with van der Waals surface area (Å²) in [7, 11) is 0. The third-order valence-electron chi connectivity index (χ3n) is 4.18. The van der Waals surface area contributed by atoms with Gasteiger partial charge >= 0.3 is 0 Å². The summed E-state index contributed by atoms with van der Waals surface area (Å²) in [6.07, 6.45) is 3.92. The molecule has 0 atom stereocenters. The highest BCUT2D eigenvalue weighted by Gasteiger charge is 2.19. The van der Waals surface area contributed by atoms with Gasteiger partial charge in [-0.3, -0.25) is 4.79 Å². The molecule has 0 amide bonds. The van der Waals surface area contributed by atoms with Gasteiger partial charge in [-0.2, -0.15) is 0 Å². The maximum atomic E-state index is 12.5. The number of carbonyl (C=O) groups excluding carboxylic acids is 1. The Morgan fingerprint density at radius 3 is 2.25 bits per heavy atom. The highest BCUT2D eigenvalue weighted by molar-refractivity contribution is 9.10. The van der Waals surface area contributed by atoms with Crippen molar-refractivity contribution in [3.8, 4) is 0 Å². The highest BCUT2D eigenvalue weighted by atomic mass is 79.9. The third-order valence-corrected chi connectivity index (χ3v) is 5.04. The second-order valence-electron chi connectivity index (χ2n) is 5.54. The number of aryl methyl sites for hydroxylation is 1. The molecule has 0 aliphatic heterocycles. The summed E-state index contributed by atoms with van der Waals surface area (Å²) < 4.78 is 0.981. The summed E-state index contributed by atoms with van der Waals surface area (Å²) in [4.78, 5) is 12.5. The van der Waals surface area contributed by atoms with Crippen LogP contribution in [0.4, 0.5) is 0 Å². The van der Waals surface area contributed by atoms with E-state index in [0.29, 0.717) is 5.92 Å². The molecule has 0 spiro atoms. The lowest BCUT2D eigenvalue weighted by Gasteiger charge is -2.25. The zero-order valence-electron chi connectivity index (χ0n) is 11.5. The van der Waals surface area contributed by atoms with Crippen LogP contribution in [0.2, 0.25) is 0 Å². The summed E-state index contributed by atoms with van der Waals surface area (Å²) in [6.45, 7) is 2.02. The van der Waals surface area contributed by atoms with Crippen LogP contribution in [-0.4, -0.2) is 5.78 Å². The van der Waals surface area contributed by atoms with E-state index in [1.54, 1.807) is 0 Å². The van der Waals surface area contributed by atoms with Crippen LogP contribution in [-0.2, 0) is 0 Å². The zero-order valence-corrected chi connectivity index (χ0v) is 13.1. The first kappa shape index (κ1) is 13.6. The molecule has 0 radical (unpaired) electrons. The molecule has 0 heterocycles. The largest absolute Gasteiger partial charge is 0.289 e. The lowest BCUT2D eigenvalue weighted by atomic mass is 9.80. The number of rotatable bonds is 3. The molecule has 2 aromatic rings. The Hall–Kier alpha value is -1.41. The van der Waals surface area contributed by atoms with Crippen LogP contribution in [0.15, 0.2) is 46.9 Å². The molecule has 1 aliphatic rings. The van der Waals surface area contributed by atoms with Crippen LogP contribution in [0.1, 0.15) is 52.2 Å². The van der Waals surface area contributed by atoms with Crippen molar-refractivity contribution in [2.45, 2.75) is 32.1 Å². The van der Waals surface area contributed by atoms with Crippen LogP contribution in [0.25, 0.3) is 0 Å². The van der Waals surface area contributed by atoms with Crippen LogP contribution in [0.3, 0.4) is 0 Å². The molecule has 102 valence electrons. The fraction of sp³-hybridized carbons (Fsp3) is 0.278. The number of hydrogen-bond donors (Lipinski definition) is 0. The summed E-state index contributed by atoms with van der Waals surface area (Å²) in [5.41, 5.74) is 4.02. The second-order valence-corrected chi connectivity index (χ2v) is 6.40. The van der Waals surface area contributed by atoms with E-state index in [0.717, 1.165) is 21.2 Å². The van der Waals surface area contributed by atoms with Crippen LogP contribution in [0.5, 0.6) is 0 Å². The highest BCUT2D eigenvalue weighted by Crippen LogP contribution is 2.36. The average molecular weight is 329 g/mol. The van der Waals surface area contributed by atoms with E-state index in [-0.39, 0.29) is 5.78 Å². The van der Waals surface area contributed by atoms with Gasteiger partial charge in [-0.25, -0.2) is 0 Å². The van der Waals surface area contributed by atoms with Crippen LogP contribution in [0, 0.1) is 6.92 Å². The van der Waals surface area contributed by atoms with Crippen molar-refractivity contribution in [2.75, 3.05) is 0 Å². The third kappa shape index (κ3) is 2.57. The number of carbonyl (C=O) groups is 1. The SMILES string of the molecule is Cc1ccc(C(=O)c2ccc(C3CCC3)cc2)cc1Br. The van der Waals surface area contributed by atoms with E-state index in [9.17, 15) is 4.79 Å². The van der Waals surface area contributed by atoms with Crippen molar-refractivity contribution in [1.29, 1.82) is 0 Å². The zero-order chi connectivity index (χ0) is 14.1. The monoisotopic (exact) mass is 328 g/mol. The number of hydrogen-bond acceptors (Lipinski definition) is 1. The minimum absolute atomic E-state index is 0.0888. The van der Waals surface area contributed by atoms with E-state index in [1.807, 2.05) is 37.3 Å². The Kier molecular flexibility index (Phi) is 3.75. The smallest absolute Gasteiger partial charge is 0.193 e. The molecule has 20 heavy (non-hydrogen) atoms. The maximum Gasteiger partial charge on any atom is 0.193 e. The van der Waals surface area contributed by atoms with E-state index in [4.69, 9.17) is 0 Å². The van der Waals surface area contributed by atoms with E-state index in [1.165, 1.54) is 24.8 Å². The standard InChI is InChI=1S/C18H17BrO/c1-12-5-6-16(11-17(12)19)18(20)15-9-7-14(8-10-15)13-3-2-4-13/h5-11,13H,2-4H2,1H3. The molecule has 2 heteroatoms. The van der Waals surface area contributed by atoms with Crippen molar-refractivity contribution in [2.24, 2.45) is 0 Å². The molecule has 1 nitrogen and oxygen atoms in total. The summed E-state index contributed by atoms with van der Waals surface area (Å²) in [5, 5.41) is 0. The number of ketones is 1. The minimum atomic E-state index is 0.0888. The summed E-state index contributed by atoms with van der Waals surface area (Å²) in [6, 6.07) is 13.9. The fourth-order valence-electron chi connectivity index (χ4n) is 2.55. The molecule has 0 unspecified atom stereocenters. The van der Waals surface area contributed by atoms with Crippen molar-refractivity contribution in [1.82, 2.24) is 0 Å². The molecule has 1 saturated carbocycles. The predicted molar refractivity (Wildman–Crippen MR) is 85.3 cm³/mol. The van der Waals surface area contributed by atoms with Gasteiger partial charge in [0.25, 0.3) is 0 Å². The van der Waals surface area contributed by atoms with Crippen molar-refractivity contribution < 1.29 is 4.79 Å². The molecule has 0 N–H and O–H groups in total. The number of benzene rings is 2. The molecular formula is C18H17BrO. The molecular weight excluding hydrogens is 312 g/mol. The lowest BCUT2D eigenvalue weighted by Crippen LogP contribution is -2.09. The van der Waals surface area contributed by atoms with Crippen molar-refractivity contribution >= 4 is 21.7 Å². The molecule has 2 aromatic carbocycles. The van der Waals surface area contributed by atoms with E-state index >= 15 is 0 Å². The quantitative estimate of drug-likeness (QED) is 0.702. The first-order valence-electron chi connectivity index (χ1n) is 7.06. The number of halogens is 1. The Morgan fingerprint density at radius 1 is 1.05 bits per heavy atom. The van der Waals surface area contributed by atoms with E-state index in [2.05, 4.69) is 28.1 Å². The van der Waals surface area contributed by atoms with Crippen molar-refractivity contribution in [3.63, 3.8) is 0 Å². The minimum Gasteiger partial charge on any atom is -0.289 e. The van der Waals surface area contributed by atoms with Gasteiger partial charge in [0.05, 0.1) is 0 Å². The summed E-state index contributed by atoms with van der Waals surface area (Å²) >= 11 is 3.48. The first-order valence-corrected chi connectivity index (χ1v) is 7.85. The molecule has 1 aliphatic carbocycles. The Bertz CT molecular complexity index is 639. The normalized spacial score (nSPS) is 14.9. The van der Waals surface area contributed by atoms with E-state index < -0.39 is 0 Å². The van der Waals surface area contributed by atoms with Gasteiger partial charge in [-0.15, -0.1) is 0 Å². The molecule has 0 aromatic heterocycles. The van der Waals surface area contributed by atoms with Gasteiger partial charge in [0.1, 0.15) is 0 Å². The van der Waals surface area contributed by atoms with Crippen LogP contribution < -0.4 is 0 Å². The Labute approximate surface area is 128 Å². The van der Waals surface area contributed by atoms with Crippen LogP contribution >= 0.6 is 15.9 Å². The molecule has 1 fully saturated rings. The lowest BCUT2D eigenvalue weighted by molar-refractivity contribution is 0.103. The molecule has 0 bridgehead atoms. The fourth-order valence-corrected chi connectivity index (χ4v) is 2.93. The Balaban J connectivity index is 1.84. The topological polar surface area (TPSA) is 17.1 Å². The Morgan fingerprint density at radius 2 is 1.70 bits per heavy atom. The maximum absolute atomic E-state index is 12.5.